The number of hydrogen-bond donors (Lipinski definition) is 2. The van der Waals surface area contributed by atoms with Crippen molar-refractivity contribution in [3.05, 3.63) is 39.3 Å². The van der Waals surface area contributed by atoms with Crippen LogP contribution in [-0.4, -0.2) is 23.5 Å². The zero-order valence-corrected chi connectivity index (χ0v) is 23.3. The molecule has 0 spiro atoms. The van der Waals surface area contributed by atoms with Gasteiger partial charge in [0.25, 0.3) is 0 Å². The number of hydrogen-bond acceptors (Lipinski definition) is 3. The Kier molecular flexibility index (Phi) is 5.68. The average Bonchev–Trinajstić information content (AvgIpc) is 2.87. The van der Waals surface area contributed by atoms with Gasteiger partial charge in [0.2, 0.25) is 5.91 Å². The topological polar surface area (TPSA) is 66.4 Å². The maximum Gasteiger partial charge on any atom is 0.226 e. The summed E-state index contributed by atoms with van der Waals surface area (Å²) in [7, 11) is 0. The van der Waals surface area contributed by atoms with Crippen LogP contribution in [0.1, 0.15) is 90.7 Å². The van der Waals surface area contributed by atoms with Gasteiger partial charge in [-0.1, -0.05) is 58.3 Å². The van der Waals surface area contributed by atoms with Gasteiger partial charge in [-0.2, -0.15) is 0 Å². The summed E-state index contributed by atoms with van der Waals surface area (Å²) < 4.78 is 0. The monoisotopic (exact) mass is 499 g/mol. The van der Waals surface area contributed by atoms with Gasteiger partial charge in [-0.15, -0.1) is 6.42 Å². The van der Waals surface area contributed by atoms with Crippen LogP contribution in [-0.2, 0) is 15.0 Å². The molecule has 4 aliphatic rings. The number of fused-ring (bicyclic) bond motifs is 7. The molecule has 196 valence electrons. The van der Waals surface area contributed by atoms with Crippen molar-refractivity contribution in [3.63, 3.8) is 0 Å². The molecule has 0 saturated heterocycles. The fourth-order valence-corrected chi connectivity index (χ4v) is 9.12. The summed E-state index contributed by atoms with van der Waals surface area (Å²) in [6, 6.07) is 1.88. The predicted octanol–water partition coefficient (Wildman–Crippen LogP) is 4.34. The van der Waals surface area contributed by atoms with Crippen molar-refractivity contribution in [2.75, 3.05) is 6.54 Å². The summed E-state index contributed by atoms with van der Waals surface area (Å²) >= 11 is 0. The molecule has 0 unspecified atom stereocenters. The first-order chi connectivity index (χ1) is 17.3. The quantitative estimate of drug-likeness (QED) is 0.595. The van der Waals surface area contributed by atoms with Gasteiger partial charge in [-0.25, -0.2) is 4.79 Å². The molecule has 0 bridgehead atoms. The highest BCUT2D eigenvalue weighted by Crippen LogP contribution is 2.74. The van der Waals surface area contributed by atoms with Crippen LogP contribution >= 0.6 is 0 Å². The van der Waals surface area contributed by atoms with E-state index in [1.54, 1.807) is 0 Å². The molecule has 1 amide bonds. The van der Waals surface area contributed by atoms with Crippen molar-refractivity contribution in [1.29, 1.82) is 0 Å². The molecule has 4 heteroatoms. The fraction of sp³-hybridized carbons (Fsp3) is 0.606. The summed E-state index contributed by atoms with van der Waals surface area (Å²) in [5.74, 6) is 5.07. The van der Waals surface area contributed by atoms with E-state index in [-0.39, 0.29) is 45.1 Å². The number of allylic oxidation sites excluding steroid dienone is 2. The molecule has 1 aromatic rings. The summed E-state index contributed by atoms with van der Waals surface area (Å²) in [5, 5.41) is 14.8. The van der Waals surface area contributed by atoms with Crippen LogP contribution in [0.3, 0.4) is 0 Å². The Morgan fingerprint density at radius 3 is 2.46 bits per heavy atom. The number of amides is 1. The summed E-state index contributed by atoms with van der Waals surface area (Å²) in [6.07, 6.45) is 17.0. The van der Waals surface area contributed by atoms with Gasteiger partial charge in [0.05, 0.1) is 6.54 Å². The molecule has 3 saturated carbocycles. The first-order valence-electron chi connectivity index (χ1n) is 13.8. The van der Waals surface area contributed by atoms with Crippen LogP contribution < -0.4 is 15.8 Å². The van der Waals surface area contributed by atoms with Crippen LogP contribution in [0.25, 0.3) is 6.08 Å². The zero-order valence-electron chi connectivity index (χ0n) is 23.3. The number of phenols is 1. The predicted molar refractivity (Wildman–Crippen MR) is 147 cm³/mol. The van der Waals surface area contributed by atoms with Gasteiger partial charge >= 0.3 is 0 Å². The Morgan fingerprint density at radius 1 is 1.08 bits per heavy atom. The smallest absolute Gasteiger partial charge is 0.226 e. The molecule has 37 heavy (non-hydrogen) atoms. The third-order valence-corrected chi connectivity index (χ3v) is 11.9. The Bertz CT molecular complexity index is 1410. The van der Waals surface area contributed by atoms with Gasteiger partial charge in [0, 0.05) is 10.8 Å². The van der Waals surface area contributed by atoms with Crippen LogP contribution in [0.15, 0.2) is 17.7 Å². The Balaban J connectivity index is 1.62. The van der Waals surface area contributed by atoms with E-state index >= 15 is 0 Å². The zero-order chi connectivity index (χ0) is 27.0. The number of benzene rings is 1. The van der Waals surface area contributed by atoms with E-state index in [0.29, 0.717) is 5.92 Å². The molecule has 0 radical (unpaired) electrons. The molecular formula is C33H41NO3. The molecule has 6 atom stereocenters. The minimum absolute atomic E-state index is 0.0374. The van der Waals surface area contributed by atoms with Gasteiger partial charge in [0.1, 0.15) is 16.9 Å². The van der Waals surface area contributed by atoms with Crippen molar-refractivity contribution in [2.24, 2.45) is 27.6 Å². The van der Waals surface area contributed by atoms with Crippen molar-refractivity contribution >= 4 is 17.9 Å². The van der Waals surface area contributed by atoms with Crippen molar-refractivity contribution in [3.8, 4) is 18.1 Å². The highest BCUT2D eigenvalue weighted by Gasteiger charge is 2.66. The molecule has 1 aromatic carbocycles. The van der Waals surface area contributed by atoms with Crippen LogP contribution in [0.5, 0.6) is 5.75 Å². The van der Waals surface area contributed by atoms with Crippen LogP contribution in [0.2, 0.25) is 0 Å². The second-order valence-corrected chi connectivity index (χ2v) is 13.6. The van der Waals surface area contributed by atoms with Crippen LogP contribution in [0, 0.1) is 46.8 Å². The lowest BCUT2D eigenvalue weighted by molar-refractivity contribution is -0.167. The van der Waals surface area contributed by atoms with Crippen molar-refractivity contribution in [2.45, 2.75) is 91.9 Å². The number of carbonyl (C=O) groups excluding carboxylic acids is 2. The van der Waals surface area contributed by atoms with Gasteiger partial charge in [0.15, 0.2) is 0 Å². The number of carbonyl (C=O) groups is 1. The largest absolute Gasteiger partial charge is 0.506 e. The highest BCUT2D eigenvalue weighted by atomic mass is 16.3. The number of terminal acetylenes is 1. The minimum Gasteiger partial charge on any atom is -0.506 e. The second-order valence-electron chi connectivity index (χ2n) is 13.6. The second kappa shape index (κ2) is 8.12. The Labute approximate surface area is 221 Å². The normalized spacial score (nSPS) is 39.8. The average molecular weight is 500 g/mol. The van der Waals surface area contributed by atoms with Crippen molar-refractivity contribution < 1.29 is 14.7 Å². The maximum absolute atomic E-state index is 13.3. The van der Waals surface area contributed by atoms with Crippen molar-refractivity contribution in [1.82, 2.24) is 5.32 Å². The summed E-state index contributed by atoms with van der Waals surface area (Å²) in [6.45, 7) is 14.0. The molecule has 2 N–H and O–H groups in total. The summed E-state index contributed by atoms with van der Waals surface area (Å²) in [4.78, 5) is 25.0. The van der Waals surface area contributed by atoms with Gasteiger partial charge < -0.3 is 10.4 Å². The number of aromatic hydroxyl groups is 1. The number of phenolic OH excluding ortho intramolecular Hbond substituents is 1. The van der Waals surface area contributed by atoms with E-state index in [9.17, 15) is 14.7 Å². The molecule has 4 nitrogen and oxygen atoms in total. The SMILES string of the molecule is C#CCNC(=O)[C@]1(C)CC[C@]2(C)CC[C@]3(C)C4=CC=c5c(cc(=C=O)c(O)c5C)[C@]4(C)CC[C@@]3(C)[C@@H]2C1. The summed E-state index contributed by atoms with van der Waals surface area (Å²) in [5.41, 5.74) is 2.92. The van der Waals surface area contributed by atoms with E-state index in [2.05, 4.69) is 58.0 Å². The van der Waals surface area contributed by atoms with E-state index in [1.807, 2.05) is 18.9 Å². The molecular weight excluding hydrogens is 458 g/mol. The van der Waals surface area contributed by atoms with E-state index in [0.717, 1.165) is 61.3 Å². The molecule has 0 heterocycles. The van der Waals surface area contributed by atoms with Crippen LogP contribution in [0.4, 0.5) is 0 Å². The highest BCUT2D eigenvalue weighted by molar-refractivity contribution is 5.82. The van der Waals surface area contributed by atoms with Gasteiger partial charge in [-0.3, -0.25) is 4.79 Å². The Morgan fingerprint density at radius 2 is 1.78 bits per heavy atom. The molecule has 3 fully saturated rings. The fourth-order valence-electron chi connectivity index (χ4n) is 9.12. The maximum atomic E-state index is 13.3. The van der Waals surface area contributed by atoms with E-state index in [4.69, 9.17) is 6.42 Å². The molecule has 5 rings (SSSR count). The molecule has 0 aromatic heterocycles. The third kappa shape index (κ3) is 3.29. The lowest BCUT2D eigenvalue weighted by Crippen LogP contribution is -2.63. The first kappa shape index (κ1) is 25.9. The minimum atomic E-state index is -0.411. The third-order valence-electron chi connectivity index (χ3n) is 11.9. The van der Waals surface area contributed by atoms with Gasteiger partial charge in [-0.05, 0) is 96.4 Å². The number of nitrogens with one attached hydrogen (secondary N) is 1. The lowest BCUT2D eigenvalue weighted by atomic mass is 9.34. The standard InChI is InChI=1S/C33H41NO3/c1-8-17-34-28(37)30(4)12-11-29(3)13-15-32(6)25-10-9-23-21(2)27(36)22(20-35)18-24(23)31(25,5)14-16-33(32,7)26(29)19-30/h1,9-10,18,26,36H,11-17,19H2,2-7H3,(H,34,37)/t26-,29-,30-,31+,32-,33+/m1/s1. The lowest BCUT2D eigenvalue weighted by Gasteiger charge is -2.69. The first-order valence-corrected chi connectivity index (χ1v) is 13.8. The molecule has 4 aliphatic carbocycles. The van der Waals surface area contributed by atoms with E-state index < -0.39 is 5.41 Å². The number of rotatable bonds is 2. The Hall–Kier alpha value is -2.76. The molecule has 0 aliphatic heterocycles. The van der Waals surface area contributed by atoms with E-state index in [1.165, 1.54) is 5.57 Å².